The zero-order valence-corrected chi connectivity index (χ0v) is 19.6. The molecule has 2 amide bonds. The predicted molar refractivity (Wildman–Crippen MR) is 124 cm³/mol. The number of thiophene rings is 1. The summed E-state index contributed by atoms with van der Waals surface area (Å²) in [6, 6.07) is 8.02. The number of amides is 2. The number of hydrogen-bond donors (Lipinski definition) is 2. The largest absolute Gasteiger partial charge is 0.469 e. The predicted octanol–water partition coefficient (Wildman–Crippen LogP) is 3.48. The van der Waals surface area contributed by atoms with Crippen molar-refractivity contribution < 1.29 is 23.9 Å². The second kappa shape index (κ2) is 11.3. The lowest BCUT2D eigenvalue weighted by molar-refractivity contribution is -0.140. The lowest BCUT2D eigenvalue weighted by atomic mass is 10.0. The van der Waals surface area contributed by atoms with Gasteiger partial charge in [-0.2, -0.15) is 0 Å². The van der Waals surface area contributed by atoms with Crippen LogP contribution < -0.4 is 15.4 Å². The molecular weight excluding hydrogens is 454 g/mol. The van der Waals surface area contributed by atoms with E-state index in [4.69, 9.17) is 16.3 Å². The molecule has 10 heteroatoms. The maximum Gasteiger partial charge on any atom is 0.414 e. The van der Waals surface area contributed by atoms with E-state index in [-0.39, 0.29) is 12.8 Å². The maximum absolute atomic E-state index is 12.9. The summed E-state index contributed by atoms with van der Waals surface area (Å²) in [6.45, 7) is 1.95. The summed E-state index contributed by atoms with van der Waals surface area (Å²) in [5.41, 5.74) is 3.10. The van der Waals surface area contributed by atoms with Crippen molar-refractivity contribution in [3.05, 3.63) is 45.8 Å². The van der Waals surface area contributed by atoms with Crippen LogP contribution >= 0.6 is 22.9 Å². The zero-order chi connectivity index (χ0) is 23.1. The van der Waals surface area contributed by atoms with Crippen LogP contribution in [0.5, 0.6) is 5.06 Å². The highest BCUT2D eigenvalue weighted by Crippen LogP contribution is 2.28. The summed E-state index contributed by atoms with van der Waals surface area (Å²) >= 11 is 6.94. The quantitative estimate of drug-likeness (QED) is 0.590. The SMILES string of the molecule is COC(=O)CC[C@@H](NC(=O)Oc1ccc(Cl)s1)C(=O)Nc1ccc2c(c1)CCN(C)CC2. The third-order valence-electron chi connectivity index (χ3n) is 5.21. The lowest BCUT2D eigenvalue weighted by Gasteiger charge is -2.18. The smallest absolute Gasteiger partial charge is 0.414 e. The van der Waals surface area contributed by atoms with Crippen molar-refractivity contribution in [2.24, 2.45) is 0 Å². The van der Waals surface area contributed by atoms with Gasteiger partial charge in [-0.3, -0.25) is 9.59 Å². The molecule has 2 aromatic rings. The number of carbonyl (C=O) groups is 3. The Bertz CT molecular complexity index is 980. The number of nitrogens with one attached hydrogen (secondary N) is 2. The van der Waals surface area contributed by atoms with Crippen molar-refractivity contribution in [1.82, 2.24) is 10.2 Å². The van der Waals surface area contributed by atoms with E-state index < -0.39 is 24.0 Å². The Morgan fingerprint density at radius 2 is 1.91 bits per heavy atom. The summed E-state index contributed by atoms with van der Waals surface area (Å²) in [7, 11) is 3.36. The highest BCUT2D eigenvalue weighted by molar-refractivity contribution is 7.17. The Balaban J connectivity index is 1.67. The van der Waals surface area contributed by atoms with E-state index in [0.29, 0.717) is 15.1 Å². The van der Waals surface area contributed by atoms with Gasteiger partial charge in [0.15, 0.2) is 5.06 Å². The number of methoxy groups -OCH3 is 1. The third-order valence-corrected chi connectivity index (χ3v) is 6.32. The molecule has 0 saturated carbocycles. The summed E-state index contributed by atoms with van der Waals surface area (Å²) in [5, 5.41) is 5.67. The second-order valence-corrected chi connectivity index (χ2v) is 9.21. The van der Waals surface area contributed by atoms with Gasteiger partial charge >= 0.3 is 12.1 Å². The van der Waals surface area contributed by atoms with Gasteiger partial charge in [0, 0.05) is 25.2 Å². The van der Waals surface area contributed by atoms with Crippen LogP contribution in [0.4, 0.5) is 10.5 Å². The van der Waals surface area contributed by atoms with Gasteiger partial charge in [-0.25, -0.2) is 4.79 Å². The molecule has 3 rings (SSSR count). The highest BCUT2D eigenvalue weighted by atomic mass is 35.5. The van der Waals surface area contributed by atoms with Crippen molar-refractivity contribution >= 4 is 46.6 Å². The fourth-order valence-corrected chi connectivity index (χ4v) is 4.27. The Morgan fingerprint density at radius 3 is 2.59 bits per heavy atom. The van der Waals surface area contributed by atoms with Crippen LogP contribution in [-0.4, -0.2) is 56.2 Å². The summed E-state index contributed by atoms with van der Waals surface area (Å²) in [4.78, 5) is 39.1. The molecular formula is C22H26ClN3O5S. The molecule has 0 fully saturated rings. The Hall–Kier alpha value is -2.62. The van der Waals surface area contributed by atoms with Gasteiger partial charge in [-0.1, -0.05) is 29.0 Å². The van der Waals surface area contributed by atoms with Gasteiger partial charge in [0.1, 0.15) is 6.04 Å². The number of anilines is 1. The van der Waals surface area contributed by atoms with Crippen molar-refractivity contribution in [2.45, 2.75) is 31.7 Å². The molecule has 1 aliphatic heterocycles. The summed E-state index contributed by atoms with van der Waals surface area (Å²) < 4.78 is 10.3. The molecule has 2 heterocycles. The van der Waals surface area contributed by atoms with E-state index >= 15 is 0 Å². The third kappa shape index (κ3) is 6.94. The first-order chi connectivity index (χ1) is 15.3. The molecule has 1 aromatic heterocycles. The van der Waals surface area contributed by atoms with Gasteiger partial charge < -0.3 is 25.0 Å². The number of rotatable bonds is 7. The fraction of sp³-hybridized carbons (Fsp3) is 0.409. The molecule has 1 aromatic carbocycles. The van der Waals surface area contributed by atoms with Crippen molar-refractivity contribution in [3.8, 4) is 5.06 Å². The number of benzene rings is 1. The monoisotopic (exact) mass is 479 g/mol. The van der Waals surface area contributed by atoms with Crippen LogP contribution in [-0.2, 0) is 27.2 Å². The first-order valence-electron chi connectivity index (χ1n) is 10.3. The zero-order valence-electron chi connectivity index (χ0n) is 18.0. The molecule has 0 bridgehead atoms. The van der Waals surface area contributed by atoms with Crippen LogP contribution in [0.3, 0.4) is 0 Å². The molecule has 0 spiro atoms. The van der Waals surface area contributed by atoms with Crippen LogP contribution in [0, 0.1) is 0 Å². The maximum atomic E-state index is 12.9. The Kier molecular flexibility index (Phi) is 8.49. The molecule has 2 N–H and O–H groups in total. The molecule has 0 aliphatic carbocycles. The van der Waals surface area contributed by atoms with Crippen LogP contribution in [0.25, 0.3) is 0 Å². The molecule has 0 radical (unpaired) electrons. The topological polar surface area (TPSA) is 97.0 Å². The standard InChI is InChI=1S/C22H26ClN3O5S/c1-26-11-9-14-3-4-16(13-15(14)10-12-26)24-21(28)17(5-7-19(27)30-2)25-22(29)31-20-8-6-18(23)32-20/h3-4,6,8,13,17H,5,7,9-12H2,1-2H3,(H,24,28)(H,25,29)/t17-/m1/s1. The van der Waals surface area contributed by atoms with Crippen LogP contribution in [0.2, 0.25) is 4.34 Å². The number of ether oxygens (including phenoxy) is 2. The van der Waals surface area contributed by atoms with E-state index in [1.165, 1.54) is 18.2 Å². The van der Waals surface area contributed by atoms with Gasteiger partial charge in [0.2, 0.25) is 5.91 Å². The highest BCUT2D eigenvalue weighted by Gasteiger charge is 2.24. The Labute approximate surface area is 195 Å². The molecule has 0 saturated heterocycles. The van der Waals surface area contributed by atoms with E-state index in [0.717, 1.165) is 37.3 Å². The minimum Gasteiger partial charge on any atom is -0.469 e. The van der Waals surface area contributed by atoms with Gasteiger partial charge in [0.05, 0.1) is 11.4 Å². The number of esters is 1. The summed E-state index contributed by atoms with van der Waals surface area (Å²) in [5.74, 6) is -0.919. The minimum atomic E-state index is -0.984. The molecule has 1 atom stereocenters. The average molecular weight is 480 g/mol. The first kappa shape index (κ1) is 24.0. The van der Waals surface area contributed by atoms with E-state index in [9.17, 15) is 14.4 Å². The molecule has 8 nitrogen and oxygen atoms in total. The molecule has 0 unspecified atom stereocenters. The number of hydrogen-bond acceptors (Lipinski definition) is 7. The van der Waals surface area contributed by atoms with Crippen LogP contribution in [0.15, 0.2) is 30.3 Å². The Morgan fingerprint density at radius 1 is 1.16 bits per heavy atom. The normalized spacial score (nSPS) is 14.6. The van der Waals surface area contributed by atoms with Gasteiger partial charge in [-0.05, 0) is 61.7 Å². The van der Waals surface area contributed by atoms with Gasteiger partial charge in [0.25, 0.3) is 0 Å². The van der Waals surface area contributed by atoms with Gasteiger partial charge in [-0.15, -0.1) is 0 Å². The first-order valence-corrected chi connectivity index (χ1v) is 11.4. The van der Waals surface area contributed by atoms with E-state index in [1.54, 1.807) is 12.1 Å². The number of likely N-dealkylation sites (N-methyl/N-ethyl adjacent to an activating group) is 1. The fourth-order valence-electron chi connectivity index (χ4n) is 3.39. The number of nitrogens with zero attached hydrogens (tertiary/aromatic N) is 1. The van der Waals surface area contributed by atoms with E-state index in [2.05, 4.69) is 27.3 Å². The molecule has 1 aliphatic rings. The summed E-state index contributed by atoms with van der Waals surface area (Å²) in [6.07, 6.45) is 1.08. The average Bonchev–Trinajstić information content (AvgIpc) is 3.08. The van der Waals surface area contributed by atoms with E-state index in [1.807, 2.05) is 18.2 Å². The van der Waals surface area contributed by atoms with Crippen molar-refractivity contribution in [1.29, 1.82) is 0 Å². The minimum absolute atomic E-state index is 0.0315. The second-order valence-electron chi connectivity index (χ2n) is 7.54. The lowest BCUT2D eigenvalue weighted by Crippen LogP contribution is -2.45. The molecule has 172 valence electrons. The van der Waals surface area contributed by atoms with Crippen molar-refractivity contribution in [2.75, 3.05) is 32.6 Å². The molecule has 32 heavy (non-hydrogen) atoms. The van der Waals surface area contributed by atoms with Crippen molar-refractivity contribution in [3.63, 3.8) is 0 Å². The van der Waals surface area contributed by atoms with Crippen LogP contribution in [0.1, 0.15) is 24.0 Å². The number of halogens is 1. The number of carbonyl (C=O) groups excluding carboxylic acids is 3. The number of fused-ring (bicyclic) bond motifs is 1.